The molecule has 4 heteroatoms. The third-order valence-corrected chi connectivity index (χ3v) is 1.77. The summed E-state index contributed by atoms with van der Waals surface area (Å²) in [6.45, 7) is 0. The molecule has 0 bridgehead atoms. The summed E-state index contributed by atoms with van der Waals surface area (Å²) in [6, 6.07) is 6.59. The van der Waals surface area contributed by atoms with Crippen molar-refractivity contribution < 1.29 is 5.21 Å². The van der Waals surface area contributed by atoms with E-state index in [1.165, 1.54) is 0 Å². The zero-order valence-electron chi connectivity index (χ0n) is 4.99. The number of hydrogen-bond acceptors (Lipinski definition) is 3. The van der Waals surface area contributed by atoms with E-state index in [4.69, 9.17) is 5.21 Å². The maximum atomic E-state index is 10.2. The van der Waals surface area contributed by atoms with Gasteiger partial charge in [0.1, 0.15) is 0 Å². The van der Waals surface area contributed by atoms with Crippen molar-refractivity contribution in [3.05, 3.63) is 33.0 Å². The minimum Gasteiger partial charge on any atom is -0.733 e. The highest BCUT2D eigenvalue weighted by Gasteiger charge is 1.89. The third-order valence-electron chi connectivity index (χ3n) is 1.05. The summed E-state index contributed by atoms with van der Waals surface area (Å²) in [4.78, 5) is 0. The van der Waals surface area contributed by atoms with Crippen molar-refractivity contribution in [3.8, 4) is 0 Å². The van der Waals surface area contributed by atoms with Gasteiger partial charge < -0.3 is 10.4 Å². The highest BCUT2D eigenvalue weighted by molar-refractivity contribution is 14.1. The lowest BCUT2D eigenvalue weighted by atomic mass is 10.3. The van der Waals surface area contributed by atoms with Crippen LogP contribution in [0.15, 0.2) is 24.3 Å². The summed E-state index contributed by atoms with van der Waals surface area (Å²) >= 11 is 2.12. The first-order chi connectivity index (χ1) is 4.70. The van der Waals surface area contributed by atoms with Crippen LogP contribution in [-0.4, -0.2) is 5.21 Å². The van der Waals surface area contributed by atoms with Gasteiger partial charge >= 0.3 is 0 Å². The first-order valence-electron chi connectivity index (χ1n) is 2.62. The van der Waals surface area contributed by atoms with E-state index in [2.05, 4.69) is 22.6 Å². The van der Waals surface area contributed by atoms with Gasteiger partial charge in [0.2, 0.25) is 0 Å². The Hall–Kier alpha value is -0.330. The smallest absolute Gasteiger partial charge is 0.0509 e. The summed E-state index contributed by atoms with van der Waals surface area (Å²) < 4.78 is 1.03. The molecule has 0 saturated carbocycles. The van der Waals surface area contributed by atoms with Crippen molar-refractivity contribution >= 4 is 28.3 Å². The van der Waals surface area contributed by atoms with Crippen LogP contribution in [0.5, 0.6) is 0 Å². The first-order valence-corrected chi connectivity index (χ1v) is 3.70. The van der Waals surface area contributed by atoms with Gasteiger partial charge in [-0.3, -0.25) is 5.21 Å². The molecule has 10 heavy (non-hydrogen) atoms. The van der Waals surface area contributed by atoms with Crippen LogP contribution in [-0.2, 0) is 0 Å². The zero-order valence-corrected chi connectivity index (χ0v) is 7.15. The molecule has 54 valence electrons. The molecule has 1 aromatic carbocycles. The van der Waals surface area contributed by atoms with Crippen molar-refractivity contribution in [1.82, 2.24) is 0 Å². The molecule has 0 atom stereocenters. The Morgan fingerprint density at radius 2 is 1.80 bits per heavy atom. The van der Waals surface area contributed by atoms with Crippen LogP contribution in [0.2, 0.25) is 0 Å². The minimum absolute atomic E-state index is 0.157. The molecule has 0 amide bonds. The van der Waals surface area contributed by atoms with Crippen LogP contribution in [0.25, 0.3) is 0 Å². The van der Waals surface area contributed by atoms with E-state index in [1.807, 2.05) is 0 Å². The summed E-state index contributed by atoms with van der Waals surface area (Å²) in [5.74, 6) is 0. The van der Waals surface area contributed by atoms with Gasteiger partial charge in [-0.2, -0.15) is 0 Å². The van der Waals surface area contributed by atoms with Crippen molar-refractivity contribution in [2.24, 2.45) is 0 Å². The van der Waals surface area contributed by atoms with Crippen LogP contribution in [0.3, 0.4) is 0 Å². The fourth-order valence-corrected chi connectivity index (χ4v) is 0.928. The van der Waals surface area contributed by atoms with Crippen molar-refractivity contribution in [1.29, 1.82) is 0 Å². The third kappa shape index (κ3) is 1.83. The molecule has 0 spiro atoms. The minimum atomic E-state index is -0.157. The number of halogens is 1. The fraction of sp³-hybridized carbons (Fsp3) is 0. The topological polar surface area (TPSA) is 46.5 Å². The molecular formula is C6H5INO2-. The lowest BCUT2D eigenvalue weighted by molar-refractivity contribution is 0.296. The van der Waals surface area contributed by atoms with Gasteiger partial charge in [0, 0.05) is 3.57 Å². The molecule has 1 rings (SSSR count). The Labute approximate surface area is 71.9 Å². The van der Waals surface area contributed by atoms with E-state index < -0.39 is 0 Å². The van der Waals surface area contributed by atoms with E-state index in [0.29, 0.717) is 0 Å². The Morgan fingerprint density at radius 3 is 2.20 bits per heavy atom. The molecule has 0 aromatic heterocycles. The number of benzene rings is 1. The van der Waals surface area contributed by atoms with Gasteiger partial charge in [-0.15, -0.1) is 0 Å². The summed E-state index contributed by atoms with van der Waals surface area (Å²) in [6.07, 6.45) is 0. The van der Waals surface area contributed by atoms with Crippen LogP contribution in [0.4, 0.5) is 5.69 Å². The standard InChI is InChI=1S/C6H5INO2/c7-5-1-3-6(4-2-5)8(9)10/h1-4,9H/q-1. The number of nitrogens with zero attached hydrogens (tertiary/aromatic N) is 1. The predicted molar refractivity (Wildman–Crippen MR) is 46.8 cm³/mol. The maximum Gasteiger partial charge on any atom is 0.0509 e. The number of rotatable bonds is 1. The van der Waals surface area contributed by atoms with Gasteiger partial charge in [0.15, 0.2) is 0 Å². The Balaban J connectivity index is 2.89. The van der Waals surface area contributed by atoms with E-state index in [-0.39, 0.29) is 10.9 Å². The largest absolute Gasteiger partial charge is 0.733 e. The molecule has 0 unspecified atom stereocenters. The van der Waals surface area contributed by atoms with E-state index in [1.54, 1.807) is 24.3 Å². The van der Waals surface area contributed by atoms with Crippen molar-refractivity contribution in [3.63, 3.8) is 0 Å². The second-order valence-corrected chi connectivity index (χ2v) is 2.99. The molecule has 0 aliphatic carbocycles. The molecule has 0 aliphatic heterocycles. The lowest BCUT2D eigenvalue weighted by Crippen LogP contribution is -2.06. The van der Waals surface area contributed by atoms with Crippen molar-refractivity contribution in [2.45, 2.75) is 0 Å². The predicted octanol–water partition coefficient (Wildman–Crippen LogP) is 1.98. The van der Waals surface area contributed by atoms with Gasteiger partial charge in [-0.25, -0.2) is 0 Å². The Kier molecular flexibility index (Phi) is 2.47. The van der Waals surface area contributed by atoms with Crippen molar-refractivity contribution in [2.75, 3.05) is 5.23 Å². The maximum absolute atomic E-state index is 10.2. The Bertz CT molecular complexity index is 209. The van der Waals surface area contributed by atoms with Gasteiger partial charge in [-0.05, 0) is 46.9 Å². The molecule has 0 radical (unpaired) electrons. The molecular weight excluding hydrogens is 245 g/mol. The molecule has 0 aliphatic rings. The second-order valence-electron chi connectivity index (χ2n) is 1.75. The van der Waals surface area contributed by atoms with Crippen LogP contribution >= 0.6 is 22.6 Å². The SMILES string of the molecule is [O-]N(O)c1ccc(I)cc1. The molecule has 0 fully saturated rings. The molecule has 1 N–H and O–H groups in total. The molecule has 3 nitrogen and oxygen atoms in total. The second kappa shape index (κ2) is 3.18. The zero-order chi connectivity index (χ0) is 7.56. The summed E-state index contributed by atoms with van der Waals surface area (Å²) in [5, 5.41) is 18.5. The van der Waals surface area contributed by atoms with Crippen LogP contribution < -0.4 is 5.23 Å². The monoisotopic (exact) mass is 250 g/mol. The number of hydrogen-bond donors (Lipinski definition) is 1. The molecule has 0 saturated heterocycles. The first kappa shape index (κ1) is 7.77. The summed E-state index contributed by atoms with van der Waals surface area (Å²) in [5.41, 5.74) is 0.250. The average Bonchev–Trinajstić information content (AvgIpc) is 1.88. The van der Waals surface area contributed by atoms with E-state index in [9.17, 15) is 5.21 Å². The van der Waals surface area contributed by atoms with Crippen LogP contribution in [0.1, 0.15) is 0 Å². The summed E-state index contributed by atoms with van der Waals surface area (Å²) in [7, 11) is 0. The van der Waals surface area contributed by atoms with Gasteiger partial charge in [0.25, 0.3) is 0 Å². The van der Waals surface area contributed by atoms with E-state index in [0.717, 1.165) is 3.57 Å². The molecule has 0 heterocycles. The van der Waals surface area contributed by atoms with Gasteiger partial charge in [0.05, 0.1) is 5.69 Å². The van der Waals surface area contributed by atoms with Crippen LogP contribution in [0, 0.1) is 8.78 Å². The normalized spacial score (nSPS) is 9.50. The Morgan fingerprint density at radius 1 is 1.30 bits per heavy atom. The molecule has 1 aromatic rings. The van der Waals surface area contributed by atoms with Gasteiger partial charge in [-0.1, -0.05) is 0 Å². The highest BCUT2D eigenvalue weighted by atomic mass is 127. The fourth-order valence-electron chi connectivity index (χ4n) is 0.569. The number of anilines is 1. The quantitative estimate of drug-likeness (QED) is 0.612. The lowest BCUT2D eigenvalue weighted by Gasteiger charge is -2.20. The highest BCUT2D eigenvalue weighted by Crippen LogP contribution is 2.13. The van der Waals surface area contributed by atoms with E-state index >= 15 is 0 Å². The average molecular weight is 250 g/mol.